The van der Waals surface area contributed by atoms with E-state index in [9.17, 15) is 4.79 Å². The molecule has 102 valence electrons. The Balaban J connectivity index is 1.86. The van der Waals surface area contributed by atoms with Gasteiger partial charge in [-0.2, -0.15) is 0 Å². The fourth-order valence-electron chi connectivity index (χ4n) is 1.98. The van der Waals surface area contributed by atoms with Crippen molar-refractivity contribution in [2.45, 2.75) is 6.92 Å². The van der Waals surface area contributed by atoms with Crippen LogP contribution < -0.4 is 4.74 Å². The maximum Gasteiger partial charge on any atom is 0.246 e. The van der Waals surface area contributed by atoms with Crippen LogP contribution in [0.15, 0.2) is 30.3 Å². The van der Waals surface area contributed by atoms with Crippen LogP contribution in [0.4, 0.5) is 0 Å². The lowest BCUT2D eigenvalue weighted by Gasteiger charge is -2.37. The zero-order chi connectivity index (χ0) is 13.7. The Bertz CT molecular complexity index is 447. The molecule has 4 nitrogen and oxygen atoms in total. The molecule has 1 aliphatic heterocycles. The number of ether oxygens (including phenoxy) is 1. The summed E-state index contributed by atoms with van der Waals surface area (Å²) in [6.45, 7) is 4.06. The lowest BCUT2D eigenvalue weighted by atomic mass is 10.0. The molecule has 0 saturated carbocycles. The van der Waals surface area contributed by atoms with Crippen molar-refractivity contribution in [1.82, 2.24) is 4.90 Å². The summed E-state index contributed by atoms with van der Waals surface area (Å²) in [6.07, 6.45) is 3.37. The van der Waals surface area contributed by atoms with Gasteiger partial charge in [-0.1, -0.05) is 12.1 Å². The number of hydrogen-bond acceptors (Lipinski definition) is 3. The van der Waals surface area contributed by atoms with E-state index in [0.717, 1.165) is 11.3 Å². The van der Waals surface area contributed by atoms with Crippen molar-refractivity contribution in [3.63, 3.8) is 0 Å². The van der Waals surface area contributed by atoms with Gasteiger partial charge in [0.2, 0.25) is 5.91 Å². The molecule has 0 aromatic heterocycles. The number of amides is 1. The van der Waals surface area contributed by atoms with Gasteiger partial charge >= 0.3 is 0 Å². The molecule has 1 aromatic carbocycles. The fraction of sp³-hybridized carbons (Fsp3) is 0.400. The molecule has 1 fully saturated rings. The minimum atomic E-state index is -0.00131. The zero-order valence-corrected chi connectivity index (χ0v) is 11.1. The first-order valence-corrected chi connectivity index (χ1v) is 6.53. The third-order valence-electron chi connectivity index (χ3n) is 3.14. The number of nitrogens with zero attached hydrogens (tertiary/aromatic N) is 1. The Hall–Kier alpha value is -1.81. The van der Waals surface area contributed by atoms with Crippen molar-refractivity contribution >= 4 is 12.0 Å². The molecule has 2 rings (SSSR count). The minimum absolute atomic E-state index is 0.00131. The molecule has 0 unspecified atom stereocenters. The van der Waals surface area contributed by atoms with Gasteiger partial charge in [0.05, 0.1) is 6.61 Å². The summed E-state index contributed by atoms with van der Waals surface area (Å²) in [5.41, 5.74) is 0.969. The Morgan fingerprint density at radius 2 is 2.11 bits per heavy atom. The molecule has 0 radical (unpaired) electrons. The third kappa shape index (κ3) is 3.58. The van der Waals surface area contributed by atoms with Crippen LogP contribution in [0.3, 0.4) is 0 Å². The van der Waals surface area contributed by atoms with E-state index < -0.39 is 0 Å². The highest BCUT2D eigenvalue weighted by molar-refractivity contribution is 5.92. The second kappa shape index (κ2) is 6.38. The van der Waals surface area contributed by atoms with E-state index in [0.29, 0.717) is 19.7 Å². The van der Waals surface area contributed by atoms with E-state index in [2.05, 4.69) is 0 Å². The van der Waals surface area contributed by atoms with Gasteiger partial charge in [0.1, 0.15) is 5.75 Å². The van der Waals surface area contributed by atoms with Crippen molar-refractivity contribution in [3.8, 4) is 5.75 Å². The van der Waals surface area contributed by atoms with Crippen LogP contribution in [0, 0.1) is 5.92 Å². The predicted molar refractivity (Wildman–Crippen MR) is 73.8 cm³/mol. The summed E-state index contributed by atoms with van der Waals surface area (Å²) in [5, 5.41) is 8.90. The molecule has 19 heavy (non-hydrogen) atoms. The number of rotatable bonds is 5. The molecule has 0 aliphatic carbocycles. The average molecular weight is 261 g/mol. The highest BCUT2D eigenvalue weighted by Gasteiger charge is 2.28. The molecule has 0 atom stereocenters. The van der Waals surface area contributed by atoms with Crippen LogP contribution in [0.25, 0.3) is 6.08 Å². The second-order valence-electron chi connectivity index (χ2n) is 4.63. The molecule has 4 heteroatoms. The van der Waals surface area contributed by atoms with E-state index in [1.807, 2.05) is 31.2 Å². The molecular formula is C15H19NO3. The maximum absolute atomic E-state index is 11.8. The predicted octanol–water partition coefficient (Wildman–Crippen LogP) is 1.55. The smallest absolute Gasteiger partial charge is 0.246 e. The SMILES string of the molecule is CCOc1ccc(C=CC(=O)N2CC(CO)C2)cc1. The monoisotopic (exact) mass is 261 g/mol. The normalized spacial score (nSPS) is 15.6. The minimum Gasteiger partial charge on any atom is -0.494 e. The summed E-state index contributed by atoms with van der Waals surface area (Å²) < 4.78 is 5.35. The number of aliphatic hydroxyl groups excluding tert-OH is 1. The molecule has 0 bridgehead atoms. The van der Waals surface area contributed by atoms with E-state index >= 15 is 0 Å². The Morgan fingerprint density at radius 1 is 1.42 bits per heavy atom. The maximum atomic E-state index is 11.8. The lowest BCUT2D eigenvalue weighted by molar-refractivity contribution is -0.132. The summed E-state index contributed by atoms with van der Waals surface area (Å²) in [5.74, 6) is 1.08. The summed E-state index contributed by atoms with van der Waals surface area (Å²) in [7, 11) is 0. The number of benzene rings is 1. The third-order valence-corrected chi connectivity index (χ3v) is 3.14. The van der Waals surface area contributed by atoms with Crippen LogP contribution in [0.5, 0.6) is 5.75 Å². The van der Waals surface area contributed by atoms with Gasteiger partial charge in [-0.05, 0) is 30.7 Å². The summed E-state index contributed by atoms with van der Waals surface area (Å²) >= 11 is 0. The van der Waals surface area contributed by atoms with E-state index in [4.69, 9.17) is 9.84 Å². The molecule has 1 N–H and O–H groups in total. The van der Waals surface area contributed by atoms with Gasteiger partial charge in [-0.3, -0.25) is 4.79 Å². The van der Waals surface area contributed by atoms with Crippen LogP contribution in [0.2, 0.25) is 0 Å². The molecule has 1 heterocycles. The Labute approximate surface area is 113 Å². The van der Waals surface area contributed by atoms with Crippen molar-refractivity contribution in [1.29, 1.82) is 0 Å². The van der Waals surface area contributed by atoms with Crippen molar-refractivity contribution < 1.29 is 14.6 Å². The van der Waals surface area contributed by atoms with Crippen LogP contribution in [0.1, 0.15) is 12.5 Å². The fourth-order valence-corrected chi connectivity index (χ4v) is 1.98. The van der Waals surface area contributed by atoms with Gasteiger partial charge in [0.15, 0.2) is 0 Å². The highest BCUT2D eigenvalue weighted by Crippen LogP contribution is 2.16. The number of likely N-dealkylation sites (tertiary alicyclic amines) is 1. The molecule has 0 spiro atoms. The number of carbonyl (C=O) groups excluding carboxylic acids is 1. The number of carbonyl (C=O) groups is 1. The van der Waals surface area contributed by atoms with E-state index in [1.165, 1.54) is 0 Å². The van der Waals surface area contributed by atoms with Crippen molar-refractivity contribution in [2.75, 3.05) is 26.3 Å². The molecule has 1 saturated heterocycles. The van der Waals surface area contributed by atoms with Gasteiger partial charge < -0.3 is 14.7 Å². The molecule has 1 aromatic rings. The largest absolute Gasteiger partial charge is 0.494 e. The van der Waals surface area contributed by atoms with Crippen LogP contribution in [-0.4, -0.2) is 42.2 Å². The first kappa shape index (κ1) is 13.6. The lowest BCUT2D eigenvalue weighted by Crippen LogP contribution is -2.50. The highest BCUT2D eigenvalue weighted by atomic mass is 16.5. The summed E-state index contributed by atoms with van der Waals surface area (Å²) in [4.78, 5) is 13.5. The number of aliphatic hydroxyl groups is 1. The average Bonchev–Trinajstić information content (AvgIpc) is 2.37. The van der Waals surface area contributed by atoms with Crippen molar-refractivity contribution in [2.24, 2.45) is 5.92 Å². The Kier molecular flexibility index (Phi) is 4.58. The van der Waals surface area contributed by atoms with Gasteiger partial charge in [0, 0.05) is 31.7 Å². The second-order valence-corrected chi connectivity index (χ2v) is 4.63. The molecule has 1 aliphatic rings. The topological polar surface area (TPSA) is 49.8 Å². The number of hydrogen-bond donors (Lipinski definition) is 1. The first-order chi connectivity index (χ1) is 9.22. The summed E-state index contributed by atoms with van der Waals surface area (Å²) in [6, 6.07) is 7.61. The van der Waals surface area contributed by atoms with Crippen LogP contribution >= 0.6 is 0 Å². The molecule has 1 amide bonds. The van der Waals surface area contributed by atoms with Gasteiger partial charge in [-0.25, -0.2) is 0 Å². The van der Waals surface area contributed by atoms with E-state index in [-0.39, 0.29) is 18.4 Å². The standard InChI is InChI=1S/C15H19NO3/c1-2-19-14-6-3-12(4-7-14)5-8-15(18)16-9-13(10-16)11-17/h3-8,13,17H,2,9-11H2,1H3. The zero-order valence-electron chi connectivity index (χ0n) is 11.1. The first-order valence-electron chi connectivity index (χ1n) is 6.53. The Morgan fingerprint density at radius 3 is 2.68 bits per heavy atom. The van der Waals surface area contributed by atoms with E-state index in [1.54, 1.807) is 17.1 Å². The van der Waals surface area contributed by atoms with Gasteiger partial charge in [0.25, 0.3) is 0 Å². The van der Waals surface area contributed by atoms with Gasteiger partial charge in [-0.15, -0.1) is 0 Å². The molecular weight excluding hydrogens is 242 g/mol. The van der Waals surface area contributed by atoms with Crippen molar-refractivity contribution in [3.05, 3.63) is 35.9 Å². The van der Waals surface area contributed by atoms with Crippen LogP contribution in [-0.2, 0) is 4.79 Å². The quantitative estimate of drug-likeness (QED) is 0.818.